The molecule has 6 heteroatoms. The van der Waals surface area contributed by atoms with Gasteiger partial charge in [0.2, 0.25) is 10.0 Å². The van der Waals surface area contributed by atoms with Gasteiger partial charge in [0.25, 0.3) is 0 Å². The number of nitrogens with zero attached hydrogens (tertiary/aromatic N) is 2. The minimum Gasteiger partial charge on any atom is -0.390 e. The van der Waals surface area contributed by atoms with Gasteiger partial charge in [0.15, 0.2) is 0 Å². The van der Waals surface area contributed by atoms with E-state index < -0.39 is 10.0 Å². The summed E-state index contributed by atoms with van der Waals surface area (Å²) in [5.41, 5.74) is 0.683. The maximum absolute atomic E-state index is 12.5. The smallest absolute Gasteiger partial charge is 0.244 e. The molecule has 20 heavy (non-hydrogen) atoms. The zero-order chi connectivity index (χ0) is 14.9. The topological polar surface area (TPSA) is 62.5 Å². The fourth-order valence-electron chi connectivity index (χ4n) is 2.30. The van der Waals surface area contributed by atoms with Gasteiger partial charge in [0.1, 0.15) is 4.90 Å². The summed E-state index contributed by atoms with van der Waals surface area (Å²) < 4.78 is 28.4. The number of rotatable bonds is 7. The lowest BCUT2D eigenvalue weighted by atomic mass is 10.1. The van der Waals surface area contributed by atoms with Gasteiger partial charge >= 0.3 is 0 Å². The van der Waals surface area contributed by atoms with Crippen molar-refractivity contribution in [3.05, 3.63) is 18.0 Å². The molecule has 114 valence electrons. The zero-order valence-corrected chi connectivity index (χ0v) is 13.2. The summed E-state index contributed by atoms with van der Waals surface area (Å²) >= 11 is 0. The first-order chi connectivity index (χ1) is 9.40. The molecule has 1 fully saturated rings. The number of aromatic nitrogens is 1. The Hall–Kier alpha value is -0.850. The monoisotopic (exact) mass is 300 g/mol. The Morgan fingerprint density at radius 2 is 2.15 bits per heavy atom. The van der Waals surface area contributed by atoms with E-state index >= 15 is 0 Å². The quantitative estimate of drug-likeness (QED) is 0.837. The second-order valence-corrected chi connectivity index (χ2v) is 7.81. The molecule has 1 saturated carbocycles. The van der Waals surface area contributed by atoms with Crippen molar-refractivity contribution < 1.29 is 13.5 Å². The van der Waals surface area contributed by atoms with Gasteiger partial charge in [-0.15, -0.1) is 0 Å². The number of aliphatic hydroxyl groups excluding tert-OH is 1. The van der Waals surface area contributed by atoms with E-state index in [1.807, 2.05) is 11.5 Å². The molecule has 1 aliphatic rings. The lowest BCUT2D eigenvalue weighted by Gasteiger charge is -2.19. The zero-order valence-electron chi connectivity index (χ0n) is 12.4. The molecule has 1 N–H and O–H groups in total. The van der Waals surface area contributed by atoms with E-state index in [0.717, 1.165) is 19.3 Å². The molecule has 1 aromatic heterocycles. The molecular weight excluding hydrogens is 276 g/mol. The molecule has 2 rings (SSSR count). The van der Waals surface area contributed by atoms with Crippen molar-refractivity contribution in [1.29, 1.82) is 0 Å². The molecule has 1 atom stereocenters. The number of hydrogen-bond acceptors (Lipinski definition) is 3. The van der Waals surface area contributed by atoms with E-state index in [-0.39, 0.29) is 6.61 Å². The minimum absolute atomic E-state index is 0.124. The predicted octanol–water partition coefficient (Wildman–Crippen LogP) is 1.98. The first kappa shape index (κ1) is 15.5. The fraction of sp³-hybridized carbons (Fsp3) is 0.714. The third-order valence-electron chi connectivity index (χ3n) is 3.98. The molecule has 0 spiro atoms. The maximum Gasteiger partial charge on any atom is 0.244 e. The maximum atomic E-state index is 12.5. The summed E-state index contributed by atoms with van der Waals surface area (Å²) in [5.74, 6) is 0.331. The van der Waals surface area contributed by atoms with Crippen LogP contribution < -0.4 is 0 Å². The van der Waals surface area contributed by atoms with Crippen molar-refractivity contribution in [3.8, 4) is 0 Å². The van der Waals surface area contributed by atoms with Crippen LogP contribution in [0.4, 0.5) is 0 Å². The molecule has 0 aliphatic heterocycles. The first-order valence-corrected chi connectivity index (χ1v) is 8.62. The Kier molecular flexibility index (Phi) is 4.56. The van der Waals surface area contributed by atoms with Crippen LogP contribution in [0.1, 0.15) is 44.8 Å². The van der Waals surface area contributed by atoms with Crippen LogP contribution >= 0.6 is 0 Å². The largest absolute Gasteiger partial charge is 0.390 e. The highest BCUT2D eigenvalue weighted by Gasteiger charge is 2.29. The third kappa shape index (κ3) is 3.07. The lowest BCUT2D eigenvalue weighted by molar-refractivity contribution is 0.270. The van der Waals surface area contributed by atoms with Gasteiger partial charge in [0, 0.05) is 31.5 Å². The highest BCUT2D eigenvalue weighted by molar-refractivity contribution is 7.89. The molecule has 1 aromatic rings. The highest BCUT2D eigenvalue weighted by Crippen LogP contribution is 2.37. The molecule has 0 saturated heterocycles. The molecular formula is C14H24N2O3S. The Bertz CT molecular complexity index is 561. The molecule has 0 bridgehead atoms. The summed E-state index contributed by atoms with van der Waals surface area (Å²) in [6, 6.07) is 1.96. The number of aliphatic hydroxyl groups is 1. The SMILES string of the molecule is CCC(C)CN(C)S(=O)(=O)c1cc(CO)n(C2CC2)c1. The Morgan fingerprint density at radius 1 is 1.50 bits per heavy atom. The standard InChI is InChI=1S/C14H24N2O3S/c1-4-11(2)8-15(3)20(18,19)14-7-13(10-17)16(9-14)12-5-6-12/h7,9,11-12,17H,4-6,8,10H2,1-3H3. The van der Waals surface area contributed by atoms with Crippen LogP contribution in [0.3, 0.4) is 0 Å². The van der Waals surface area contributed by atoms with Crippen molar-refractivity contribution in [2.45, 2.75) is 50.7 Å². The van der Waals surface area contributed by atoms with Gasteiger partial charge in [-0.2, -0.15) is 0 Å². The van der Waals surface area contributed by atoms with Crippen molar-refractivity contribution >= 4 is 10.0 Å². The van der Waals surface area contributed by atoms with E-state index in [1.165, 1.54) is 4.31 Å². The van der Waals surface area contributed by atoms with Gasteiger partial charge in [-0.05, 0) is 24.8 Å². The van der Waals surface area contributed by atoms with Gasteiger partial charge in [-0.1, -0.05) is 20.3 Å². The van der Waals surface area contributed by atoms with Crippen LogP contribution in [0.25, 0.3) is 0 Å². The average Bonchev–Trinajstić information content (AvgIpc) is 3.16. The molecule has 1 heterocycles. The second kappa shape index (κ2) is 5.87. The summed E-state index contributed by atoms with van der Waals surface area (Å²) in [6.45, 7) is 4.49. The van der Waals surface area contributed by atoms with Crippen molar-refractivity contribution in [3.63, 3.8) is 0 Å². The Morgan fingerprint density at radius 3 is 2.65 bits per heavy atom. The summed E-state index contributed by atoms with van der Waals surface area (Å²) in [7, 11) is -1.84. The van der Waals surface area contributed by atoms with Crippen LogP contribution in [-0.4, -0.2) is 36.0 Å². The van der Waals surface area contributed by atoms with E-state index in [9.17, 15) is 13.5 Å². The molecule has 1 unspecified atom stereocenters. The van der Waals surface area contributed by atoms with E-state index in [0.29, 0.717) is 29.1 Å². The number of sulfonamides is 1. The van der Waals surface area contributed by atoms with Crippen LogP contribution in [0.2, 0.25) is 0 Å². The van der Waals surface area contributed by atoms with E-state index in [2.05, 4.69) is 6.92 Å². The van der Waals surface area contributed by atoms with Gasteiger partial charge in [0.05, 0.1) is 6.61 Å². The van der Waals surface area contributed by atoms with Crippen LogP contribution in [0.5, 0.6) is 0 Å². The first-order valence-electron chi connectivity index (χ1n) is 7.18. The minimum atomic E-state index is -3.46. The lowest BCUT2D eigenvalue weighted by Crippen LogP contribution is -2.30. The molecule has 0 amide bonds. The van der Waals surface area contributed by atoms with Gasteiger partial charge in [-0.3, -0.25) is 0 Å². The van der Waals surface area contributed by atoms with Crippen molar-refractivity contribution in [2.24, 2.45) is 5.92 Å². The van der Waals surface area contributed by atoms with Crippen LogP contribution in [-0.2, 0) is 16.6 Å². The highest BCUT2D eigenvalue weighted by atomic mass is 32.2. The average molecular weight is 300 g/mol. The van der Waals surface area contributed by atoms with E-state index in [1.54, 1.807) is 19.3 Å². The molecule has 0 aromatic carbocycles. The van der Waals surface area contributed by atoms with Crippen molar-refractivity contribution in [2.75, 3.05) is 13.6 Å². The molecule has 0 radical (unpaired) electrons. The molecule has 1 aliphatic carbocycles. The number of hydrogen-bond donors (Lipinski definition) is 1. The Labute approximate surface area is 121 Å². The Balaban J connectivity index is 2.24. The summed E-state index contributed by atoms with van der Waals surface area (Å²) in [4.78, 5) is 0.291. The third-order valence-corrected chi connectivity index (χ3v) is 5.77. The summed E-state index contributed by atoms with van der Waals surface area (Å²) in [6.07, 6.45) is 4.74. The van der Waals surface area contributed by atoms with E-state index in [4.69, 9.17) is 0 Å². The van der Waals surface area contributed by atoms with Gasteiger partial charge < -0.3 is 9.67 Å². The van der Waals surface area contributed by atoms with Crippen molar-refractivity contribution in [1.82, 2.24) is 8.87 Å². The summed E-state index contributed by atoms with van der Waals surface area (Å²) in [5, 5.41) is 9.37. The molecule has 5 nitrogen and oxygen atoms in total. The van der Waals surface area contributed by atoms with Crippen LogP contribution in [0, 0.1) is 5.92 Å². The fourth-order valence-corrected chi connectivity index (χ4v) is 3.65. The normalized spacial score (nSPS) is 17.6. The second-order valence-electron chi connectivity index (χ2n) is 5.76. The van der Waals surface area contributed by atoms with Crippen LogP contribution in [0.15, 0.2) is 17.2 Å². The predicted molar refractivity (Wildman–Crippen MR) is 77.9 cm³/mol. The van der Waals surface area contributed by atoms with Gasteiger partial charge in [-0.25, -0.2) is 12.7 Å².